The number of hydrogen-bond donors (Lipinski definition) is 1. The molecule has 2 aromatic rings. The highest BCUT2D eigenvalue weighted by atomic mass is 19.1. The molecule has 1 saturated carbocycles. The zero-order valence-electron chi connectivity index (χ0n) is 15.9. The molecule has 4 rings (SSSR count). The van der Waals surface area contributed by atoms with Crippen LogP contribution in [0.1, 0.15) is 55.7 Å². The van der Waals surface area contributed by atoms with Crippen LogP contribution in [0.4, 0.5) is 10.1 Å². The molecule has 0 aromatic heterocycles. The normalized spacial score (nSPS) is 19.8. The quantitative estimate of drug-likeness (QED) is 0.838. The van der Waals surface area contributed by atoms with Crippen LogP contribution in [0.25, 0.3) is 0 Å². The molecule has 0 unspecified atom stereocenters. The van der Waals surface area contributed by atoms with Crippen LogP contribution in [0, 0.1) is 11.7 Å². The van der Waals surface area contributed by atoms with Gasteiger partial charge in [0.25, 0.3) is 0 Å². The molecule has 4 nitrogen and oxygen atoms in total. The number of nitrogens with one attached hydrogen (secondary N) is 1. The Labute approximate surface area is 164 Å². The van der Waals surface area contributed by atoms with E-state index in [1.165, 1.54) is 37.8 Å². The number of hydrogen-bond acceptors (Lipinski definition) is 2. The van der Waals surface area contributed by atoms with E-state index in [2.05, 4.69) is 5.32 Å². The van der Waals surface area contributed by atoms with Gasteiger partial charge in [-0.25, -0.2) is 4.39 Å². The van der Waals surface area contributed by atoms with E-state index in [-0.39, 0.29) is 24.2 Å². The standard InChI is InChI=1S/C23H25FN2O2/c24-18-11-12-20-19(14-18)23(17-8-2-1-3-9-17)26(15-21(27)25-20)22(28)13-10-16-6-4-5-7-16/h1-3,8-9,11-12,14,16,23H,4-7,10,13,15H2,(H,25,27)/t23-/m0/s1. The second-order valence-corrected chi connectivity index (χ2v) is 7.80. The summed E-state index contributed by atoms with van der Waals surface area (Å²) in [4.78, 5) is 27.3. The summed E-state index contributed by atoms with van der Waals surface area (Å²) in [6.07, 6.45) is 6.13. The van der Waals surface area contributed by atoms with Crippen molar-refractivity contribution in [3.63, 3.8) is 0 Å². The summed E-state index contributed by atoms with van der Waals surface area (Å²) in [5.41, 5.74) is 2.05. The van der Waals surface area contributed by atoms with Gasteiger partial charge in [0.05, 0.1) is 6.04 Å². The molecule has 146 valence electrons. The summed E-state index contributed by atoms with van der Waals surface area (Å²) >= 11 is 0. The highest BCUT2D eigenvalue weighted by molar-refractivity contribution is 5.97. The predicted molar refractivity (Wildman–Crippen MR) is 106 cm³/mol. The average Bonchev–Trinajstić information content (AvgIpc) is 3.17. The van der Waals surface area contributed by atoms with Crippen LogP contribution in [-0.2, 0) is 9.59 Å². The highest BCUT2D eigenvalue weighted by Crippen LogP contribution is 2.37. The van der Waals surface area contributed by atoms with Crippen molar-refractivity contribution >= 4 is 17.5 Å². The van der Waals surface area contributed by atoms with Crippen LogP contribution in [-0.4, -0.2) is 23.3 Å². The number of halogens is 1. The van der Waals surface area contributed by atoms with Crippen LogP contribution in [0.5, 0.6) is 0 Å². The molecule has 0 bridgehead atoms. The van der Waals surface area contributed by atoms with Gasteiger partial charge in [0.2, 0.25) is 11.8 Å². The van der Waals surface area contributed by atoms with E-state index >= 15 is 0 Å². The summed E-state index contributed by atoms with van der Waals surface area (Å²) in [5.74, 6) is -0.0765. The van der Waals surface area contributed by atoms with E-state index in [9.17, 15) is 14.0 Å². The van der Waals surface area contributed by atoms with Crippen molar-refractivity contribution in [2.45, 2.75) is 44.6 Å². The van der Waals surface area contributed by atoms with Gasteiger partial charge in [0, 0.05) is 17.7 Å². The van der Waals surface area contributed by atoms with Crippen LogP contribution in [0.15, 0.2) is 48.5 Å². The minimum atomic E-state index is -0.484. The molecule has 2 aliphatic rings. The Morgan fingerprint density at radius 1 is 1.11 bits per heavy atom. The molecule has 1 atom stereocenters. The van der Waals surface area contributed by atoms with E-state index in [0.717, 1.165) is 12.0 Å². The zero-order chi connectivity index (χ0) is 19.5. The third kappa shape index (κ3) is 3.93. The van der Waals surface area contributed by atoms with Crippen molar-refractivity contribution in [2.24, 2.45) is 5.92 Å². The SMILES string of the molecule is O=C1CN(C(=O)CCC2CCCC2)[C@@H](c2ccccc2)c2cc(F)ccc2N1. The molecule has 1 aliphatic carbocycles. The van der Waals surface area contributed by atoms with E-state index in [0.29, 0.717) is 23.6 Å². The fourth-order valence-electron chi connectivity index (χ4n) is 4.47. The van der Waals surface area contributed by atoms with Crippen LogP contribution >= 0.6 is 0 Å². The number of benzene rings is 2. The highest BCUT2D eigenvalue weighted by Gasteiger charge is 2.33. The van der Waals surface area contributed by atoms with Gasteiger partial charge in [0.1, 0.15) is 12.4 Å². The van der Waals surface area contributed by atoms with Gasteiger partial charge in [-0.15, -0.1) is 0 Å². The first-order chi connectivity index (χ1) is 13.6. The number of fused-ring (bicyclic) bond motifs is 1. The van der Waals surface area contributed by atoms with Gasteiger partial charge in [-0.3, -0.25) is 9.59 Å². The Hall–Kier alpha value is -2.69. The second-order valence-electron chi connectivity index (χ2n) is 7.80. The minimum absolute atomic E-state index is 0.0284. The number of carbonyl (C=O) groups is 2. The monoisotopic (exact) mass is 380 g/mol. The van der Waals surface area contributed by atoms with Crippen molar-refractivity contribution in [3.8, 4) is 0 Å². The second kappa shape index (κ2) is 8.13. The third-order valence-electron chi connectivity index (χ3n) is 5.88. The molecule has 1 N–H and O–H groups in total. The van der Waals surface area contributed by atoms with Crippen molar-refractivity contribution in [1.29, 1.82) is 0 Å². The number of amides is 2. The Morgan fingerprint density at radius 3 is 2.61 bits per heavy atom. The van der Waals surface area contributed by atoms with Crippen molar-refractivity contribution in [1.82, 2.24) is 4.90 Å². The molecule has 28 heavy (non-hydrogen) atoms. The molecular weight excluding hydrogens is 355 g/mol. The topological polar surface area (TPSA) is 49.4 Å². The Bertz CT molecular complexity index is 862. The summed E-state index contributed by atoms with van der Waals surface area (Å²) in [7, 11) is 0. The van der Waals surface area contributed by atoms with Crippen molar-refractivity contribution in [3.05, 3.63) is 65.5 Å². The smallest absolute Gasteiger partial charge is 0.244 e. The summed E-state index contributed by atoms with van der Waals surface area (Å²) in [6, 6.07) is 13.4. The first kappa shape index (κ1) is 18.7. The van der Waals surface area contributed by atoms with Gasteiger partial charge in [-0.1, -0.05) is 56.0 Å². The summed E-state index contributed by atoms with van der Waals surface area (Å²) in [6.45, 7) is -0.0284. The molecule has 2 aromatic carbocycles. The van der Waals surface area contributed by atoms with Gasteiger partial charge < -0.3 is 10.2 Å². The lowest BCUT2D eigenvalue weighted by molar-refractivity contribution is -0.136. The van der Waals surface area contributed by atoms with Gasteiger partial charge in [-0.2, -0.15) is 0 Å². The maximum atomic E-state index is 14.1. The third-order valence-corrected chi connectivity index (χ3v) is 5.88. The Balaban J connectivity index is 1.69. The summed E-state index contributed by atoms with van der Waals surface area (Å²) < 4.78 is 14.1. The molecule has 0 radical (unpaired) electrons. The molecule has 0 spiro atoms. The lowest BCUT2D eigenvalue weighted by Gasteiger charge is -2.31. The maximum Gasteiger partial charge on any atom is 0.244 e. The molecule has 1 heterocycles. The Morgan fingerprint density at radius 2 is 1.86 bits per heavy atom. The first-order valence-electron chi connectivity index (χ1n) is 10.1. The average molecular weight is 380 g/mol. The van der Waals surface area contributed by atoms with E-state index in [1.807, 2.05) is 30.3 Å². The van der Waals surface area contributed by atoms with Crippen molar-refractivity contribution < 1.29 is 14.0 Å². The molecule has 0 saturated heterocycles. The van der Waals surface area contributed by atoms with E-state index in [4.69, 9.17) is 0 Å². The molecule has 1 aliphatic heterocycles. The largest absolute Gasteiger partial charge is 0.324 e. The fourth-order valence-corrected chi connectivity index (χ4v) is 4.47. The van der Waals surface area contributed by atoms with Crippen LogP contribution < -0.4 is 5.32 Å². The molecule has 5 heteroatoms. The number of anilines is 1. The van der Waals surface area contributed by atoms with Crippen LogP contribution in [0.2, 0.25) is 0 Å². The lowest BCUT2D eigenvalue weighted by Crippen LogP contribution is -2.39. The number of rotatable bonds is 4. The van der Waals surface area contributed by atoms with Gasteiger partial charge >= 0.3 is 0 Å². The Kier molecular flexibility index (Phi) is 5.42. The fraction of sp³-hybridized carbons (Fsp3) is 0.391. The minimum Gasteiger partial charge on any atom is -0.324 e. The van der Waals surface area contributed by atoms with Gasteiger partial charge in [0.15, 0.2) is 0 Å². The predicted octanol–water partition coefficient (Wildman–Crippen LogP) is 4.67. The number of nitrogens with zero attached hydrogens (tertiary/aromatic N) is 1. The van der Waals surface area contributed by atoms with Gasteiger partial charge in [-0.05, 0) is 36.1 Å². The summed E-state index contributed by atoms with van der Waals surface area (Å²) in [5, 5.41) is 2.83. The van der Waals surface area contributed by atoms with Crippen molar-refractivity contribution in [2.75, 3.05) is 11.9 Å². The zero-order valence-corrected chi connectivity index (χ0v) is 15.9. The maximum absolute atomic E-state index is 14.1. The van der Waals surface area contributed by atoms with E-state index < -0.39 is 6.04 Å². The molecular formula is C23H25FN2O2. The lowest BCUT2D eigenvalue weighted by atomic mass is 9.94. The molecule has 2 amide bonds. The van der Waals surface area contributed by atoms with Crippen LogP contribution in [0.3, 0.4) is 0 Å². The van der Waals surface area contributed by atoms with E-state index in [1.54, 1.807) is 11.0 Å². The first-order valence-corrected chi connectivity index (χ1v) is 10.1. The number of carbonyl (C=O) groups excluding carboxylic acids is 2. The molecule has 1 fully saturated rings.